The maximum Gasteiger partial charge on any atom is 0.139 e. The monoisotopic (exact) mass is 228 g/mol. The van der Waals surface area contributed by atoms with Crippen molar-refractivity contribution in [2.75, 3.05) is 19.7 Å². The molecule has 0 saturated carbocycles. The summed E-state index contributed by atoms with van der Waals surface area (Å²) in [5.41, 5.74) is 0. The predicted octanol–water partition coefficient (Wildman–Crippen LogP) is 2.36. The van der Waals surface area contributed by atoms with Crippen LogP contribution in [0.25, 0.3) is 0 Å². The van der Waals surface area contributed by atoms with Crippen molar-refractivity contribution in [3.63, 3.8) is 0 Å². The highest BCUT2D eigenvalue weighted by atomic mass is 35.5. The minimum absolute atomic E-state index is 0.476. The third-order valence-electron chi connectivity index (χ3n) is 1.96. The van der Waals surface area contributed by atoms with Crippen LogP contribution in [0.3, 0.4) is 0 Å². The molecule has 0 aliphatic heterocycles. The first-order valence-electron chi connectivity index (χ1n) is 5.16. The Morgan fingerprint density at radius 1 is 1.53 bits per heavy atom. The van der Waals surface area contributed by atoms with E-state index in [4.69, 9.17) is 16.3 Å². The van der Waals surface area contributed by atoms with E-state index in [9.17, 15) is 0 Å². The maximum atomic E-state index is 5.79. The second-order valence-electron chi connectivity index (χ2n) is 3.56. The number of hydrogen-bond acceptors (Lipinski definition) is 3. The minimum Gasteiger partial charge on any atom is -0.492 e. The highest BCUT2D eigenvalue weighted by molar-refractivity contribution is 6.30. The Balaban J connectivity index is 2.30. The molecule has 0 amide bonds. The molecular formula is C11H17ClN2O. The molecule has 1 heterocycles. The number of aromatic nitrogens is 1. The van der Waals surface area contributed by atoms with Gasteiger partial charge in [-0.15, -0.1) is 0 Å². The molecule has 1 atom stereocenters. The molecule has 4 heteroatoms. The summed E-state index contributed by atoms with van der Waals surface area (Å²) in [6, 6.07) is 1.77. The van der Waals surface area contributed by atoms with Crippen LogP contribution in [0.15, 0.2) is 18.5 Å². The van der Waals surface area contributed by atoms with Crippen LogP contribution in [0.1, 0.15) is 13.8 Å². The molecule has 0 radical (unpaired) electrons. The highest BCUT2D eigenvalue weighted by Gasteiger charge is 2.02. The molecule has 0 saturated heterocycles. The number of pyridine rings is 1. The number of rotatable bonds is 6. The van der Waals surface area contributed by atoms with Crippen molar-refractivity contribution < 1.29 is 4.74 Å². The second kappa shape index (κ2) is 6.64. The zero-order chi connectivity index (χ0) is 11.1. The molecule has 1 aromatic heterocycles. The summed E-state index contributed by atoms with van der Waals surface area (Å²) < 4.78 is 5.56. The summed E-state index contributed by atoms with van der Waals surface area (Å²) >= 11 is 5.79. The standard InChI is InChI=1S/C11H17ClN2O/c1-3-13-5-9(2)8-15-11-4-10(12)6-14-7-11/h4,6-7,9,13H,3,5,8H2,1-2H3. The highest BCUT2D eigenvalue weighted by Crippen LogP contribution is 2.15. The van der Waals surface area contributed by atoms with Crippen LogP contribution in [-0.4, -0.2) is 24.7 Å². The molecule has 0 aliphatic rings. The van der Waals surface area contributed by atoms with E-state index < -0.39 is 0 Å². The molecular weight excluding hydrogens is 212 g/mol. The lowest BCUT2D eigenvalue weighted by Gasteiger charge is -2.13. The third kappa shape index (κ3) is 5.00. The summed E-state index contributed by atoms with van der Waals surface area (Å²) in [5, 5.41) is 3.88. The molecule has 1 N–H and O–H groups in total. The molecule has 0 aromatic carbocycles. The average Bonchev–Trinajstić information content (AvgIpc) is 2.23. The fourth-order valence-corrected chi connectivity index (χ4v) is 1.32. The van der Waals surface area contributed by atoms with Gasteiger partial charge in [0.05, 0.1) is 17.8 Å². The molecule has 15 heavy (non-hydrogen) atoms. The molecule has 1 aromatic rings. The van der Waals surface area contributed by atoms with Gasteiger partial charge in [0.2, 0.25) is 0 Å². The van der Waals surface area contributed by atoms with E-state index >= 15 is 0 Å². The zero-order valence-electron chi connectivity index (χ0n) is 9.16. The van der Waals surface area contributed by atoms with E-state index in [2.05, 4.69) is 24.1 Å². The van der Waals surface area contributed by atoms with Crippen LogP contribution in [0.5, 0.6) is 5.75 Å². The summed E-state index contributed by atoms with van der Waals surface area (Å²) in [7, 11) is 0. The minimum atomic E-state index is 0.476. The first-order chi connectivity index (χ1) is 7.22. The Morgan fingerprint density at radius 3 is 3.00 bits per heavy atom. The summed E-state index contributed by atoms with van der Waals surface area (Å²) in [6.07, 6.45) is 3.27. The quantitative estimate of drug-likeness (QED) is 0.812. The first-order valence-corrected chi connectivity index (χ1v) is 5.54. The van der Waals surface area contributed by atoms with Gasteiger partial charge in [-0.1, -0.05) is 25.4 Å². The van der Waals surface area contributed by atoms with Gasteiger partial charge < -0.3 is 10.1 Å². The third-order valence-corrected chi connectivity index (χ3v) is 2.16. The Bertz CT molecular complexity index is 294. The Labute approximate surface area is 95.8 Å². The first kappa shape index (κ1) is 12.3. The Kier molecular flexibility index (Phi) is 5.43. The Hall–Kier alpha value is -0.800. The molecule has 0 bridgehead atoms. The molecule has 1 unspecified atom stereocenters. The van der Waals surface area contributed by atoms with Gasteiger partial charge in [0.15, 0.2) is 0 Å². The fraction of sp³-hybridized carbons (Fsp3) is 0.545. The predicted molar refractivity (Wildman–Crippen MR) is 62.4 cm³/mol. The van der Waals surface area contributed by atoms with Crippen LogP contribution >= 0.6 is 11.6 Å². The number of hydrogen-bond donors (Lipinski definition) is 1. The van der Waals surface area contributed by atoms with E-state index in [0.29, 0.717) is 17.5 Å². The summed E-state index contributed by atoms with van der Waals surface area (Å²) in [6.45, 7) is 6.86. The van der Waals surface area contributed by atoms with Crippen molar-refractivity contribution in [2.24, 2.45) is 5.92 Å². The molecule has 84 valence electrons. The van der Waals surface area contributed by atoms with Gasteiger partial charge in [-0.05, 0) is 6.54 Å². The SMILES string of the molecule is CCNCC(C)COc1cncc(Cl)c1. The fourth-order valence-electron chi connectivity index (χ4n) is 1.16. The molecule has 0 fully saturated rings. The number of ether oxygens (including phenoxy) is 1. The van der Waals surface area contributed by atoms with Crippen molar-refractivity contribution in [1.29, 1.82) is 0 Å². The van der Waals surface area contributed by atoms with Crippen molar-refractivity contribution in [3.05, 3.63) is 23.5 Å². The van der Waals surface area contributed by atoms with E-state index in [1.54, 1.807) is 18.5 Å². The largest absolute Gasteiger partial charge is 0.492 e. The zero-order valence-corrected chi connectivity index (χ0v) is 9.92. The normalized spacial score (nSPS) is 12.5. The molecule has 1 rings (SSSR count). The van der Waals surface area contributed by atoms with E-state index in [-0.39, 0.29) is 0 Å². The van der Waals surface area contributed by atoms with Crippen LogP contribution in [0.2, 0.25) is 5.02 Å². The topological polar surface area (TPSA) is 34.1 Å². The van der Waals surface area contributed by atoms with E-state index in [0.717, 1.165) is 18.8 Å². The summed E-state index contributed by atoms with van der Waals surface area (Å²) in [4.78, 5) is 3.95. The van der Waals surface area contributed by atoms with Gasteiger partial charge in [0, 0.05) is 24.7 Å². The molecule has 0 spiro atoms. The number of halogens is 1. The van der Waals surface area contributed by atoms with Gasteiger partial charge in [-0.3, -0.25) is 4.98 Å². The number of nitrogens with zero attached hydrogens (tertiary/aromatic N) is 1. The lowest BCUT2D eigenvalue weighted by molar-refractivity contribution is 0.255. The lowest BCUT2D eigenvalue weighted by atomic mass is 10.2. The number of nitrogens with one attached hydrogen (secondary N) is 1. The van der Waals surface area contributed by atoms with Crippen LogP contribution in [0, 0.1) is 5.92 Å². The average molecular weight is 229 g/mol. The van der Waals surface area contributed by atoms with Crippen molar-refractivity contribution in [2.45, 2.75) is 13.8 Å². The van der Waals surface area contributed by atoms with Crippen LogP contribution < -0.4 is 10.1 Å². The lowest BCUT2D eigenvalue weighted by Crippen LogP contribution is -2.24. The van der Waals surface area contributed by atoms with Crippen molar-refractivity contribution in [1.82, 2.24) is 10.3 Å². The van der Waals surface area contributed by atoms with Gasteiger partial charge >= 0.3 is 0 Å². The van der Waals surface area contributed by atoms with Gasteiger partial charge in [0.25, 0.3) is 0 Å². The molecule has 3 nitrogen and oxygen atoms in total. The van der Waals surface area contributed by atoms with Gasteiger partial charge in [-0.25, -0.2) is 0 Å². The van der Waals surface area contributed by atoms with Crippen LogP contribution in [0.4, 0.5) is 0 Å². The van der Waals surface area contributed by atoms with Crippen LogP contribution in [-0.2, 0) is 0 Å². The van der Waals surface area contributed by atoms with Crippen molar-refractivity contribution >= 4 is 11.6 Å². The summed E-state index contributed by atoms with van der Waals surface area (Å²) in [5.74, 6) is 1.20. The van der Waals surface area contributed by atoms with E-state index in [1.165, 1.54) is 0 Å². The van der Waals surface area contributed by atoms with E-state index in [1.807, 2.05) is 0 Å². The maximum absolute atomic E-state index is 5.79. The Morgan fingerprint density at radius 2 is 2.33 bits per heavy atom. The van der Waals surface area contributed by atoms with Crippen molar-refractivity contribution in [3.8, 4) is 5.75 Å². The van der Waals surface area contributed by atoms with Gasteiger partial charge in [0.1, 0.15) is 5.75 Å². The smallest absolute Gasteiger partial charge is 0.139 e. The second-order valence-corrected chi connectivity index (χ2v) is 4.00. The molecule has 0 aliphatic carbocycles. The van der Waals surface area contributed by atoms with Gasteiger partial charge in [-0.2, -0.15) is 0 Å².